The van der Waals surface area contributed by atoms with Crippen molar-refractivity contribution in [1.29, 1.82) is 0 Å². The Balaban J connectivity index is 1.65. The SMILES string of the molecule is COc1ccc(OP(=O)(OC[C@@]2(C(F)F)O[C@@H](n3cc(Cl)c(=O)[nH]c3=O)[C@H](O)[C@H]2F)Oc2ccc(OC)cc2)cc1. The molecule has 1 aliphatic rings. The standard InChI is InChI=1S/C24H23ClF3N2O10P/c1-35-13-3-7-15(8-4-13)39-41(34,40-16-9-5-14(36-2)6-10-16)37-12-24(22(27)28)19(26)18(31)21(38-24)30-11-17(25)20(32)29-23(30)33/h3-11,18-19,21-22,31H,12H2,1-2H3,(H,29,32,33)/t18-,19-,21-,24-/m1/s1. The van der Waals surface area contributed by atoms with Crippen molar-refractivity contribution >= 4 is 19.4 Å². The predicted octanol–water partition coefficient (Wildman–Crippen LogP) is 3.72. The third-order valence-electron chi connectivity index (χ3n) is 5.97. The van der Waals surface area contributed by atoms with Crippen molar-refractivity contribution in [2.45, 2.75) is 30.5 Å². The van der Waals surface area contributed by atoms with Crippen molar-refractivity contribution < 1.29 is 50.6 Å². The van der Waals surface area contributed by atoms with Gasteiger partial charge in [0.1, 0.15) is 34.1 Å². The number of phosphoric acid groups is 1. The van der Waals surface area contributed by atoms with Crippen LogP contribution in [0.2, 0.25) is 5.02 Å². The number of ether oxygens (including phenoxy) is 3. The van der Waals surface area contributed by atoms with Crippen LogP contribution < -0.4 is 29.8 Å². The molecule has 0 saturated carbocycles. The minimum atomic E-state index is -4.89. The van der Waals surface area contributed by atoms with Gasteiger partial charge in [-0.15, -0.1) is 0 Å². The lowest BCUT2D eigenvalue weighted by Gasteiger charge is -2.30. The summed E-state index contributed by atoms with van der Waals surface area (Å²) in [6.45, 7) is -1.48. The molecule has 1 saturated heterocycles. The second kappa shape index (κ2) is 12.2. The van der Waals surface area contributed by atoms with Gasteiger partial charge in [0.15, 0.2) is 18.0 Å². The first kappa shape index (κ1) is 30.5. The normalized spacial score (nSPS) is 22.5. The molecule has 0 unspecified atom stereocenters. The molecule has 4 rings (SSSR count). The fraction of sp³-hybridized carbons (Fsp3) is 0.333. The number of benzene rings is 2. The van der Waals surface area contributed by atoms with Gasteiger partial charge < -0.3 is 28.4 Å². The second-order valence-electron chi connectivity index (χ2n) is 8.55. The molecular formula is C24H23ClF3N2O10P. The minimum Gasteiger partial charge on any atom is -0.497 e. The van der Waals surface area contributed by atoms with Crippen LogP contribution in [0.3, 0.4) is 0 Å². The molecule has 222 valence electrons. The van der Waals surface area contributed by atoms with Crippen LogP contribution in [0.25, 0.3) is 0 Å². The molecule has 1 fully saturated rings. The number of aromatic amines is 1. The molecule has 1 aromatic heterocycles. The number of hydrogen-bond acceptors (Lipinski definition) is 10. The van der Waals surface area contributed by atoms with E-state index in [1.165, 1.54) is 62.8 Å². The van der Waals surface area contributed by atoms with Gasteiger partial charge in [-0.05, 0) is 48.5 Å². The maximum absolute atomic E-state index is 15.4. The van der Waals surface area contributed by atoms with Crippen LogP contribution in [0.5, 0.6) is 23.0 Å². The predicted molar refractivity (Wildman–Crippen MR) is 137 cm³/mol. The van der Waals surface area contributed by atoms with Crippen LogP contribution in [0, 0.1) is 0 Å². The second-order valence-corrected chi connectivity index (χ2v) is 10.5. The van der Waals surface area contributed by atoms with Gasteiger partial charge in [0, 0.05) is 6.20 Å². The quantitative estimate of drug-likeness (QED) is 0.303. The molecule has 41 heavy (non-hydrogen) atoms. The van der Waals surface area contributed by atoms with E-state index < -0.39 is 61.2 Å². The molecule has 2 heterocycles. The van der Waals surface area contributed by atoms with Crippen molar-refractivity contribution in [1.82, 2.24) is 9.55 Å². The number of methoxy groups -OCH3 is 2. The molecule has 0 radical (unpaired) electrons. The molecule has 4 atom stereocenters. The van der Waals surface area contributed by atoms with Gasteiger partial charge >= 0.3 is 13.5 Å². The number of H-pyrrole nitrogens is 1. The lowest BCUT2D eigenvalue weighted by atomic mass is 9.98. The number of hydrogen-bond donors (Lipinski definition) is 2. The van der Waals surface area contributed by atoms with Crippen molar-refractivity contribution in [3.8, 4) is 23.0 Å². The van der Waals surface area contributed by atoms with E-state index in [1.807, 2.05) is 0 Å². The maximum atomic E-state index is 15.4. The summed E-state index contributed by atoms with van der Waals surface area (Å²) in [6.07, 6.45) is -10.3. The molecule has 12 nitrogen and oxygen atoms in total. The zero-order valence-electron chi connectivity index (χ0n) is 21.2. The number of phosphoric ester groups is 1. The summed E-state index contributed by atoms with van der Waals surface area (Å²) in [5, 5.41) is 9.88. The molecule has 0 aliphatic carbocycles. The maximum Gasteiger partial charge on any atom is 0.587 e. The monoisotopic (exact) mass is 622 g/mol. The average Bonchev–Trinajstić information content (AvgIpc) is 3.21. The van der Waals surface area contributed by atoms with Gasteiger partial charge in [-0.25, -0.2) is 22.5 Å². The molecule has 0 bridgehead atoms. The molecule has 0 spiro atoms. The number of nitrogens with one attached hydrogen (secondary N) is 1. The number of aliphatic hydroxyl groups is 1. The van der Waals surface area contributed by atoms with Crippen LogP contribution in [-0.4, -0.2) is 59.8 Å². The Kier molecular flexibility index (Phi) is 9.04. The summed E-state index contributed by atoms with van der Waals surface area (Å²) in [7, 11) is -2.07. The van der Waals surface area contributed by atoms with E-state index in [4.69, 9.17) is 39.4 Å². The van der Waals surface area contributed by atoms with Crippen molar-refractivity contribution in [3.05, 3.63) is 80.6 Å². The van der Waals surface area contributed by atoms with Crippen LogP contribution in [0.15, 0.2) is 64.3 Å². The Hall–Kier alpha value is -3.49. The average molecular weight is 623 g/mol. The first-order valence-electron chi connectivity index (χ1n) is 11.6. The van der Waals surface area contributed by atoms with Crippen LogP contribution in [0.4, 0.5) is 13.2 Å². The molecule has 1 aliphatic heterocycles. The molecular weight excluding hydrogens is 600 g/mol. The highest BCUT2D eigenvalue weighted by atomic mass is 35.5. The van der Waals surface area contributed by atoms with Crippen molar-refractivity contribution in [2.24, 2.45) is 0 Å². The molecule has 2 N–H and O–H groups in total. The summed E-state index contributed by atoms with van der Waals surface area (Å²) in [6, 6.07) is 11.1. The number of nitrogens with zero attached hydrogens (tertiary/aromatic N) is 1. The zero-order chi connectivity index (χ0) is 29.9. The molecule has 17 heteroatoms. The number of halogens is 4. The lowest BCUT2D eigenvalue weighted by molar-refractivity contribution is -0.184. The fourth-order valence-corrected chi connectivity index (χ4v) is 5.21. The molecule has 2 aromatic carbocycles. The Morgan fingerprint density at radius 1 is 1.02 bits per heavy atom. The first-order chi connectivity index (χ1) is 19.4. The van der Waals surface area contributed by atoms with Gasteiger partial charge in [0.25, 0.3) is 12.0 Å². The smallest absolute Gasteiger partial charge is 0.497 e. The zero-order valence-corrected chi connectivity index (χ0v) is 22.9. The van der Waals surface area contributed by atoms with Gasteiger partial charge in [-0.1, -0.05) is 11.6 Å². The van der Waals surface area contributed by atoms with Crippen LogP contribution >= 0.6 is 19.4 Å². The Morgan fingerprint density at radius 2 is 1.51 bits per heavy atom. The van der Waals surface area contributed by atoms with Crippen LogP contribution in [-0.2, 0) is 13.8 Å². The number of rotatable bonds is 11. The Bertz CT molecular complexity index is 1470. The van der Waals surface area contributed by atoms with Crippen molar-refractivity contribution in [2.75, 3.05) is 20.8 Å². The highest BCUT2D eigenvalue weighted by molar-refractivity contribution is 7.49. The third kappa shape index (κ3) is 6.39. The number of aromatic nitrogens is 2. The highest BCUT2D eigenvalue weighted by Crippen LogP contribution is 2.53. The Labute approximate surface area is 234 Å². The van der Waals surface area contributed by atoms with Crippen LogP contribution in [0.1, 0.15) is 6.23 Å². The molecule has 3 aromatic rings. The number of alkyl halides is 3. The summed E-state index contributed by atoms with van der Waals surface area (Å²) in [4.78, 5) is 25.6. The third-order valence-corrected chi connectivity index (χ3v) is 7.55. The Morgan fingerprint density at radius 3 is 1.98 bits per heavy atom. The van der Waals surface area contributed by atoms with E-state index in [0.29, 0.717) is 22.3 Å². The fourth-order valence-electron chi connectivity index (χ4n) is 3.80. The summed E-state index contributed by atoms with van der Waals surface area (Å²) < 4.78 is 89.6. The molecule has 0 amide bonds. The summed E-state index contributed by atoms with van der Waals surface area (Å²) >= 11 is 5.70. The largest absolute Gasteiger partial charge is 0.587 e. The first-order valence-corrected chi connectivity index (χ1v) is 13.5. The summed E-state index contributed by atoms with van der Waals surface area (Å²) in [5.41, 5.74) is -5.50. The van der Waals surface area contributed by atoms with E-state index in [-0.39, 0.29) is 11.5 Å². The van der Waals surface area contributed by atoms with E-state index in [1.54, 1.807) is 4.98 Å². The van der Waals surface area contributed by atoms with Crippen molar-refractivity contribution in [3.63, 3.8) is 0 Å². The van der Waals surface area contributed by atoms with E-state index in [9.17, 15) is 28.0 Å². The van der Waals surface area contributed by atoms with Gasteiger partial charge in [-0.3, -0.25) is 18.9 Å². The van der Waals surface area contributed by atoms with E-state index in [2.05, 4.69) is 0 Å². The summed E-state index contributed by atoms with van der Waals surface area (Å²) in [5.74, 6) is 0.645. The number of aliphatic hydroxyl groups excluding tert-OH is 1. The van der Waals surface area contributed by atoms with Gasteiger partial charge in [0.05, 0.1) is 20.8 Å². The van der Waals surface area contributed by atoms with E-state index >= 15 is 4.39 Å². The van der Waals surface area contributed by atoms with Gasteiger partial charge in [0.2, 0.25) is 0 Å². The lowest BCUT2D eigenvalue weighted by Crippen LogP contribution is -2.50. The topological polar surface area (TPSA) is 148 Å². The van der Waals surface area contributed by atoms with Gasteiger partial charge in [-0.2, -0.15) is 0 Å². The minimum absolute atomic E-state index is 0.0924. The highest BCUT2D eigenvalue weighted by Gasteiger charge is 2.63. The van der Waals surface area contributed by atoms with E-state index in [0.717, 1.165) is 0 Å².